The summed E-state index contributed by atoms with van der Waals surface area (Å²) >= 11 is 0. The SMILES string of the molecule is CC[C@H](CNC(=O)c1ccc(CS(=O)(=O)N2CCN(C)CC2)cc1)Cc1ccccc1. The fourth-order valence-corrected chi connectivity index (χ4v) is 5.28. The van der Waals surface area contributed by atoms with Gasteiger partial charge in [-0.15, -0.1) is 0 Å². The highest BCUT2D eigenvalue weighted by atomic mass is 32.2. The van der Waals surface area contributed by atoms with Crippen molar-refractivity contribution in [3.63, 3.8) is 0 Å². The standard InChI is InChI=1S/C24H33N3O3S/c1-3-20(17-21-7-5-4-6-8-21)18-25-24(28)23-11-9-22(10-12-23)19-31(29,30)27-15-13-26(2)14-16-27/h4-12,20H,3,13-19H2,1-2H3,(H,25,28)/t20-/m0/s1. The van der Waals surface area contributed by atoms with Crippen molar-refractivity contribution in [2.75, 3.05) is 39.8 Å². The number of carbonyl (C=O) groups excluding carboxylic acids is 1. The number of hydrogen-bond donors (Lipinski definition) is 1. The van der Waals surface area contributed by atoms with Gasteiger partial charge in [0.25, 0.3) is 5.91 Å². The molecule has 1 heterocycles. The van der Waals surface area contributed by atoms with Crippen LogP contribution in [0.1, 0.15) is 34.8 Å². The predicted octanol–water partition coefficient (Wildman–Crippen LogP) is 2.76. The molecule has 31 heavy (non-hydrogen) atoms. The summed E-state index contributed by atoms with van der Waals surface area (Å²) in [6.45, 7) is 5.31. The van der Waals surface area contributed by atoms with Crippen molar-refractivity contribution in [3.8, 4) is 0 Å². The first-order valence-corrected chi connectivity index (χ1v) is 12.6. The van der Waals surface area contributed by atoms with Crippen LogP contribution in [-0.2, 0) is 22.2 Å². The molecule has 0 unspecified atom stereocenters. The molecule has 168 valence electrons. The number of nitrogens with one attached hydrogen (secondary N) is 1. The Balaban J connectivity index is 1.52. The highest BCUT2D eigenvalue weighted by Gasteiger charge is 2.25. The molecule has 1 N–H and O–H groups in total. The van der Waals surface area contributed by atoms with Gasteiger partial charge in [0.15, 0.2) is 0 Å². The Morgan fingerprint density at radius 1 is 0.968 bits per heavy atom. The van der Waals surface area contributed by atoms with Gasteiger partial charge < -0.3 is 10.2 Å². The van der Waals surface area contributed by atoms with E-state index in [1.807, 2.05) is 25.2 Å². The summed E-state index contributed by atoms with van der Waals surface area (Å²) in [4.78, 5) is 14.7. The van der Waals surface area contributed by atoms with Crippen LogP contribution in [0.5, 0.6) is 0 Å². The molecule has 2 aromatic rings. The van der Waals surface area contributed by atoms with Gasteiger partial charge in [0.1, 0.15) is 0 Å². The van der Waals surface area contributed by atoms with Crippen molar-refractivity contribution < 1.29 is 13.2 Å². The molecule has 2 aromatic carbocycles. The van der Waals surface area contributed by atoms with E-state index in [1.54, 1.807) is 28.6 Å². The second-order valence-corrected chi connectivity index (χ2v) is 10.3. The summed E-state index contributed by atoms with van der Waals surface area (Å²) in [5.74, 6) is 0.215. The minimum atomic E-state index is -3.34. The van der Waals surface area contributed by atoms with Gasteiger partial charge >= 0.3 is 0 Å². The quantitative estimate of drug-likeness (QED) is 0.647. The van der Waals surface area contributed by atoms with Crippen LogP contribution >= 0.6 is 0 Å². The zero-order valence-corrected chi connectivity index (χ0v) is 19.3. The average molecular weight is 444 g/mol. The van der Waals surface area contributed by atoms with E-state index in [9.17, 15) is 13.2 Å². The number of benzene rings is 2. The minimum Gasteiger partial charge on any atom is -0.352 e. The first-order valence-electron chi connectivity index (χ1n) is 10.9. The van der Waals surface area contributed by atoms with Gasteiger partial charge in [-0.1, -0.05) is 55.8 Å². The zero-order valence-electron chi connectivity index (χ0n) is 18.5. The van der Waals surface area contributed by atoms with Crippen LogP contribution in [0.3, 0.4) is 0 Å². The van der Waals surface area contributed by atoms with Crippen LogP contribution in [0.25, 0.3) is 0 Å². The second kappa shape index (κ2) is 10.9. The van der Waals surface area contributed by atoms with E-state index in [0.717, 1.165) is 25.9 Å². The Kier molecular flexibility index (Phi) is 8.23. The minimum absolute atomic E-state index is 0.0341. The average Bonchev–Trinajstić information content (AvgIpc) is 2.77. The maximum absolute atomic E-state index is 12.7. The number of amides is 1. The highest BCUT2D eigenvalue weighted by molar-refractivity contribution is 7.88. The number of nitrogens with zero attached hydrogens (tertiary/aromatic N) is 2. The summed E-state index contributed by atoms with van der Waals surface area (Å²) in [7, 11) is -1.34. The van der Waals surface area contributed by atoms with Crippen molar-refractivity contribution in [1.82, 2.24) is 14.5 Å². The van der Waals surface area contributed by atoms with E-state index < -0.39 is 10.0 Å². The van der Waals surface area contributed by atoms with E-state index in [0.29, 0.717) is 36.7 Å². The number of likely N-dealkylation sites (N-methyl/N-ethyl adjacent to an activating group) is 1. The van der Waals surface area contributed by atoms with Gasteiger partial charge in [-0.25, -0.2) is 8.42 Å². The van der Waals surface area contributed by atoms with Crippen LogP contribution in [0.4, 0.5) is 0 Å². The van der Waals surface area contributed by atoms with Gasteiger partial charge in [-0.3, -0.25) is 4.79 Å². The van der Waals surface area contributed by atoms with Crippen molar-refractivity contribution >= 4 is 15.9 Å². The fraction of sp³-hybridized carbons (Fsp3) is 0.458. The van der Waals surface area contributed by atoms with Crippen molar-refractivity contribution in [1.29, 1.82) is 0 Å². The summed E-state index contributed by atoms with van der Waals surface area (Å²) in [5, 5.41) is 3.02. The molecule has 1 fully saturated rings. The Bertz CT molecular complexity index is 938. The van der Waals surface area contributed by atoms with Gasteiger partial charge in [0.2, 0.25) is 10.0 Å². The third kappa shape index (κ3) is 6.89. The lowest BCUT2D eigenvalue weighted by Gasteiger charge is -2.31. The molecule has 6 nitrogen and oxygen atoms in total. The Morgan fingerprint density at radius 2 is 1.61 bits per heavy atom. The lowest BCUT2D eigenvalue weighted by Crippen LogP contribution is -2.47. The highest BCUT2D eigenvalue weighted by Crippen LogP contribution is 2.15. The van der Waals surface area contributed by atoms with Crippen molar-refractivity contribution in [2.45, 2.75) is 25.5 Å². The zero-order chi connectivity index (χ0) is 22.3. The lowest BCUT2D eigenvalue weighted by atomic mass is 9.97. The molecule has 1 saturated heterocycles. The number of sulfonamides is 1. The molecular formula is C24H33N3O3S. The molecule has 0 bridgehead atoms. The summed E-state index contributed by atoms with van der Waals surface area (Å²) in [5.41, 5.74) is 2.52. The van der Waals surface area contributed by atoms with Crippen LogP contribution in [-0.4, -0.2) is 63.3 Å². The topological polar surface area (TPSA) is 69.7 Å². The molecule has 0 saturated carbocycles. The van der Waals surface area contributed by atoms with Crippen LogP contribution < -0.4 is 5.32 Å². The molecule has 0 spiro atoms. The van der Waals surface area contributed by atoms with E-state index in [-0.39, 0.29) is 11.7 Å². The molecule has 1 aliphatic rings. The van der Waals surface area contributed by atoms with Crippen LogP contribution in [0, 0.1) is 5.92 Å². The van der Waals surface area contributed by atoms with Gasteiger partial charge in [0, 0.05) is 38.3 Å². The number of piperazine rings is 1. The molecule has 0 radical (unpaired) electrons. The lowest BCUT2D eigenvalue weighted by molar-refractivity contribution is 0.0946. The summed E-state index contributed by atoms with van der Waals surface area (Å²) in [6, 6.07) is 17.2. The molecule has 1 aliphatic heterocycles. The second-order valence-electron chi connectivity index (χ2n) is 8.33. The van der Waals surface area contributed by atoms with E-state index in [2.05, 4.69) is 29.3 Å². The normalized spacial score (nSPS) is 16.7. The van der Waals surface area contributed by atoms with E-state index in [4.69, 9.17) is 0 Å². The maximum atomic E-state index is 12.7. The van der Waals surface area contributed by atoms with Crippen LogP contribution in [0.2, 0.25) is 0 Å². The van der Waals surface area contributed by atoms with E-state index >= 15 is 0 Å². The molecule has 1 amide bonds. The third-order valence-electron chi connectivity index (χ3n) is 5.92. The number of carbonyl (C=O) groups is 1. The fourth-order valence-electron chi connectivity index (χ4n) is 3.77. The first-order chi connectivity index (χ1) is 14.9. The monoisotopic (exact) mass is 443 g/mol. The largest absolute Gasteiger partial charge is 0.352 e. The summed E-state index contributed by atoms with van der Waals surface area (Å²) in [6.07, 6.45) is 1.92. The number of rotatable bonds is 9. The third-order valence-corrected chi connectivity index (χ3v) is 7.77. The molecule has 7 heteroatoms. The molecular weight excluding hydrogens is 410 g/mol. The van der Waals surface area contributed by atoms with Crippen molar-refractivity contribution in [2.24, 2.45) is 5.92 Å². The van der Waals surface area contributed by atoms with Gasteiger partial charge in [0.05, 0.1) is 5.75 Å². The van der Waals surface area contributed by atoms with Gasteiger partial charge in [-0.05, 0) is 42.6 Å². The smallest absolute Gasteiger partial charge is 0.251 e. The number of hydrogen-bond acceptors (Lipinski definition) is 4. The first kappa shape index (κ1) is 23.4. The Hall–Kier alpha value is -2.22. The van der Waals surface area contributed by atoms with Crippen molar-refractivity contribution in [3.05, 3.63) is 71.3 Å². The molecule has 1 atom stereocenters. The predicted molar refractivity (Wildman–Crippen MR) is 124 cm³/mol. The molecule has 0 aliphatic carbocycles. The van der Waals surface area contributed by atoms with E-state index in [1.165, 1.54) is 5.56 Å². The molecule has 0 aromatic heterocycles. The van der Waals surface area contributed by atoms with Gasteiger partial charge in [-0.2, -0.15) is 4.31 Å². The Labute approximate surface area is 186 Å². The summed E-state index contributed by atoms with van der Waals surface area (Å²) < 4.78 is 26.9. The van der Waals surface area contributed by atoms with Crippen LogP contribution in [0.15, 0.2) is 54.6 Å². The Morgan fingerprint density at radius 3 is 2.23 bits per heavy atom. The molecule has 3 rings (SSSR count). The maximum Gasteiger partial charge on any atom is 0.251 e.